The molecule has 2 heterocycles. The Hall–Kier alpha value is -5.37. The summed E-state index contributed by atoms with van der Waals surface area (Å²) < 4.78 is 62.1. The number of methoxy groups -OCH3 is 1. The molecule has 5 aromatic rings. The molecule has 220 valence electrons. The molecule has 0 bridgehead atoms. The molecule has 14 heteroatoms. The van der Waals surface area contributed by atoms with Gasteiger partial charge >= 0.3 is 0 Å². The Balaban J connectivity index is 1.56. The van der Waals surface area contributed by atoms with Crippen LogP contribution in [0.3, 0.4) is 0 Å². The molecule has 0 saturated carbocycles. The summed E-state index contributed by atoms with van der Waals surface area (Å²) in [6, 6.07) is 14.6. The lowest BCUT2D eigenvalue weighted by atomic mass is 10.0. The lowest BCUT2D eigenvalue weighted by molar-refractivity contribution is 0.0827. The van der Waals surface area contributed by atoms with Gasteiger partial charge in [0.15, 0.2) is 0 Å². The molecule has 43 heavy (non-hydrogen) atoms. The minimum atomic E-state index is -4.50. The molecular weight excluding hydrogens is 582 g/mol. The zero-order valence-electron chi connectivity index (χ0n) is 23.0. The molecule has 11 nitrogen and oxygen atoms in total. The van der Waals surface area contributed by atoms with E-state index in [1.807, 2.05) is 0 Å². The third-order valence-corrected chi connectivity index (χ3v) is 7.88. The molecular formula is C29H24F2N6O5S. The van der Waals surface area contributed by atoms with Crippen LogP contribution in [0, 0.1) is 11.6 Å². The number of halogens is 2. The van der Waals surface area contributed by atoms with E-state index >= 15 is 0 Å². The van der Waals surface area contributed by atoms with Gasteiger partial charge in [-0.3, -0.25) is 14.3 Å². The van der Waals surface area contributed by atoms with E-state index in [0.29, 0.717) is 34.0 Å². The van der Waals surface area contributed by atoms with Gasteiger partial charge in [-0.05, 0) is 60.2 Å². The van der Waals surface area contributed by atoms with Crippen LogP contribution in [0.4, 0.5) is 20.4 Å². The Labute approximate surface area is 244 Å². The van der Waals surface area contributed by atoms with Crippen molar-refractivity contribution in [3.05, 3.63) is 100 Å². The Morgan fingerprint density at radius 2 is 1.72 bits per heavy atom. The van der Waals surface area contributed by atoms with Gasteiger partial charge in [-0.1, -0.05) is 6.07 Å². The quantitative estimate of drug-likeness (QED) is 0.284. The van der Waals surface area contributed by atoms with E-state index in [1.54, 1.807) is 56.6 Å². The third kappa shape index (κ3) is 5.59. The third-order valence-electron chi connectivity index (χ3n) is 6.48. The van der Waals surface area contributed by atoms with Gasteiger partial charge in [-0.25, -0.2) is 31.7 Å². The fraction of sp³-hybridized carbons (Fsp3) is 0.103. The Bertz CT molecular complexity index is 2070. The standard InChI is InChI=1S/C29H24F2N6O5S/c1-36(2)27(38)16-4-8-20(9-5-16)37-28(39)21-12-17(6-10-23(21)34-29(37)32)18-13-24(26(42-3)33-15-18)35-43(40,41)25-11-7-19(30)14-22(25)31/h4-15,35H,1-3H3,(H2,32,34). The normalized spacial score (nSPS) is 11.4. The maximum Gasteiger partial charge on any atom is 0.267 e. The van der Waals surface area contributed by atoms with Gasteiger partial charge in [-0.15, -0.1) is 0 Å². The predicted molar refractivity (Wildman–Crippen MR) is 157 cm³/mol. The molecule has 5 rings (SSSR count). The summed E-state index contributed by atoms with van der Waals surface area (Å²) in [7, 11) is 0.0332. The molecule has 0 saturated heterocycles. The van der Waals surface area contributed by atoms with Gasteiger partial charge in [0.2, 0.25) is 11.8 Å². The van der Waals surface area contributed by atoms with Crippen molar-refractivity contribution in [3.63, 3.8) is 0 Å². The van der Waals surface area contributed by atoms with Crippen molar-refractivity contribution >= 4 is 38.5 Å². The Morgan fingerprint density at radius 1 is 1.00 bits per heavy atom. The first-order valence-electron chi connectivity index (χ1n) is 12.6. The average molecular weight is 607 g/mol. The molecule has 0 spiro atoms. The van der Waals surface area contributed by atoms with Crippen LogP contribution in [0.2, 0.25) is 0 Å². The maximum absolute atomic E-state index is 14.3. The fourth-order valence-electron chi connectivity index (χ4n) is 4.38. The number of amides is 1. The number of sulfonamides is 1. The first-order chi connectivity index (χ1) is 20.4. The summed E-state index contributed by atoms with van der Waals surface area (Å²) in [6.45, 7) is 0. The number of nitrogens with two attached hydrogens (primary N) is 1. The second-order valence-electron chi connectivity index (χ2n) is 9.55. The van der Waals surface area contributed by atoms with Gasteiger partial charge in [0.05, 0.1) is 23.7 Å². The average Bonchev–Trinajstić information content (AvgIpc) is 2.96. The molecule has 0 aliphatic heterocycles. The number of hydrogen-bond acceptors (Lipinski definition) is 8. The van der Waals surface area contributed by atoms with E-state index in [2.05, 4.69) is 14.7 Å². The second-order valence-corrected chi connectivity index (χ2v) is 11.2. The van der Waals surface area contributed by atoms with E-state index in [0.717, 1.165) is 12.1 Å². The molecule has 3 aromatic carbocycles. The number of aromatic nitrogens is 3. The topological polar surface area (TPSA) is 150 Å². The number of carbonyl (C=O) groups is 1. The van der Waals surface area contributed by atoms with Crippen LogP contribution < -0.4 is 20.8 Å². The molecule has 0 aliphatic rings. The first-order valence-corrected chi connectivity index (χ1v) is 14.0. The van der Waals surface area contributed by atoms with Gasteiger partial charge in [0.1, 0.15) is 22.2 Å². The summed E-state index contributed by atoms with van der Waals surface area (Å²) in [6.07, 6.45) is 1.40. The largest absolute Gasteiger partial charge is 0.480 e. The molecule has 3 N–H and O–H groups in total. The number of benzene rings is 3. The van der Waals surface area contributed by atoms with E-state index in [1.165, 1.54) is 28.8 Å². The van der Waals surface area contributed by atoms with Crippen molar-refractivity contribution in [2.24, 2.45) is 0 Å². The van der Waals surface area contributed by atoms with Gasteiger partial charge in [0, 0.05) is 37.5 Å². The summed E-state index contributed by atoms with van der Waals surface area (Å²) in [5, 5.41) is 0.200. The number of ether oxygens (including phenoxy) is 1. The smallest absolute Gasteiger partial charge is 0.267 e. The number of nitrogen functional groups attached to an aromatic ring is 1. The first kappa shape index (κ1) is 29.1. The highest BCUT2D eigenvalue weighted by Crippen LogP contribution is 2.31. The van der Waals surface area contributed by atoms with Crippen molar-refractivity contribution in [3.8, 4) is 22.7 Å². The fourth-order valence-corrected chi connectivity index (χ4v) is 5.49. The highest BCUT2D eigenvalue weighted by molar-refractivity contribution is 7.92. The number of anilines is 2. The van der Waals surface area contributed by atoms with Crippen LogP contribution in [0.15, 0.2) is 82.6 Å². The second kappa shape index (κ2) is 11.1. The minimum Gasteiger partial charge on any atom is -0.480 e. The monoisotopic (exact) mass is 606 g/mol. The van der Waals surface area contributed by atoms with Gasteiger partial charge < -0.3 is 15.4 Å². The molecule has 1 amide bonds. The number of nitrogens with one attached hydrogen (secondary N) is 1. The van der Waals surface area contributed by atoms with Crippen molar-refractivity contribution in [2.45, 2.75) is 4.90 Å². The SMILES string of the molecule is COc1ncc(-c2ccc3nc(N)n(-c4ccc(C(=O)N(C)C)cc4)c(=O)c3c2)cc1NS(=O)(=O)c1ccc(F)cc1F. The van der Waals surface area contributed by atoms with E-state index < -0.39 is 32.1 Å². The molecule has 0 atom stereocenters. The summed E-state index contributed by atoms with van der Waals surface area (Å²) >= 11 is 0. The van der Waals surface area contributed by atoms with Crippen molar-refractivity contribution in [1.82, 2.24) is 19.4 Å². The zero-order valence-corrected chi connectivity index (χ0v) is 23.8. The lowest BCUT2D eigenvalue weighted by Gasteiger charge is -2.14. The summed E-state index contributed by atoms with van der Waals surface area (Å²) in [5.74, 6) is -2.57. The Kier molecular flexibility index (Phi) is 7.54. The maximum atomic E-state index is 14.3. The molecule has 0 unspecified atom stereocenters. The molecule has 0 aliphatic carbocycles. The lowest BCUT2D eigenvalue weighted by Crippen LogP contribution is -2.24. The number of carbonyl (C=O) groups excluding carboxylic acids is 1. The zero-order chi connectivity index (χ0) is 31.1. The van der Waals surface area contributed by atoms with Crippen LogP contribution in [0.5, 0.6) is 5.88 Å². The number of rotatable bonds is 7. The molecule has 0 radical (unpaired) electrons. The Morgan fingerprint density at radius 3 is 2.37 bits per heavy atom. The number of nitrogens with zero attached hydrogens (tertiary/aromatic N) is 4. The van der Waals surface area contributed by atoms with E-state index in [-0.39, 0.29) is 28.8 Å². The molecule has 0 fully saturated rings. The molecule has 2 aromatic heterocycles. The van der Waals surface area contributed by atoms with E-state index in [4.69, 9.17) is 10.5 Å². The number of pyridine rings is 1. The van der Waals surface area contributed by atoms with E-state index in [9.17, 15) is 26.8 Å². The highest BCUT2D eigenvalue weighted by atomic mass is 32.2. The van der Waals surface area contributed by atoms with Crippen molar-refractivity contribution in [2.75, 3.05) is 31.7 Å². The minimum absolute atomic E-state index is 0.0623. The highest BCUT2D eigenvalue weighted by Gasteiger charge is 2.22. The number of fused-ring (bicyclic) bond motifs is 1. The predicted octanol–water partition coefficient (Wildman–Crippen LogP) is 3.82. The summed E-state index contributed by atoms with van der Waals surface area (Å²) in [5.41, 5.74) is 7.52. The van der Waals surface area contributed by atoms with Crippen LogP contribution in [-0.4, -0.2) is 55.0 Å². The van der Waals surface area contributed by atoms with Crippen molar-refractivity contribution in [1.29, 1.82) is 0 Å². The van der Waals surface area contributed by atoms with Gasteiger partial charge in [0.25, 0.3) is 21.5 Å². The summed E-state index contributed by atoms with van der Waals surface area (Å²) in [4.78, 5) is 35.0. The number of hydrogen-bond donors (Lipinski definition) is 2. The van der Waals surface area contributed by atoms with Crippen LogP contribution in [0.25, 0.3) is 27.7 Å². The van der Waals surface area contributed by atoms with Crippen LogP contribution >= 0.6 is 0 Å². The van der Waals surface area contributed by atoms with Crippen LogP contribution in [0.1, 0.15) is 10.4 Å². The van der Waals surface area contributed by atoms with Crippen LogP contribution in [-0.2, 0) is 10.0 Å². The van der Waals surface area contributed by atoms with Crippen molar-refractivity contribution < 1.29 is 26.7 Å². The van der Waals surface area contributed by atoms with Gasteiger partial charge in [-0.2, -0.15) is 0 Å².